The molecular formula is C15H25N3O. The van der Waals surface area contributed by atoms with E-state index in [9.17, 15) is 0 Å². The van der Waals surface area contributed by atoms with E-state index in [1.165, 1.54) is 12.8 Å². The van der Waals surface area contributed by atoms with Crippen LogP contribution < -0.4 is 15.4 Å². The second kappa shape index (κ2) is 6.13. The van der Waals surface area contributed by atoms with E-state index < -0.39 is 0 Å². The molecule has 0 aliphatic carbocycles. The summed E-state index contributed by atoms with van der Waals surface area (Å²) in [5, 5.41) is 0. The van der Waals surface area contributed by atoms with Crippen LogP contribution in [0.25, 0.3) is 0 Å². The van der Waals surface area contributed by atoms with Gasteiger partial charge in [-0.05, 0) is 44.2 Å². The maximum Gasteiger partial charge on any atom is 0.239 e. The highest BCUT2D eigenvalue weighted by atomic mass is 16.5. The quantitative estimate of drug-likeness (QED) is 0.907. The number of anilines is 2. The summed E-state index contributed by atoms with van der Waals surface area (Å²) in [5.74, 6) is 2.36. The third-order valence-corrected chi connectivity index (χ3v) is 3.75. The van der Waals surface area contributed by atoms with Crippen molar-refractivity contribution in [3.63, 3.8) is 0 Å². The van der Waals surface area contributed by atoms with Crippen molar-refractivity contribution in [3.05, 3.63) is 12.1 Å². The van der Waals surface area contributed by atoms with Crippen molar-refractivity contribution in [2.24, 2.45) is 5.92 Å². The molecule has 1 aliphatic heterocycles. The van der Waals surface area contributed by atoms with Gasteiger partial charge in [-0.3, -0.25) is 0 Å². The van der Waals surface area contributed by atoms with Crippen LogP contribution in [0.4, 0.5) is 11.5 Å². The molecule has 1 fully saturated rings. The molecule has 19 heavy (non-hydrogen) atoms. The topological polar surface area (TPSA) is 51.4 Å². The molecule has 2 heterocycles. The predicted molar refractivity (Wildman–Crippen MR) is 79.6 cm³/mol. The van der Waals surface area contributed by atoms with Gasteiger partial charge in [0.25, 0.3) is 0 Å². The van der Waals surface area contributed by atoms with Crippen LogP contribution in [-0.4, -0.2) is 24.2 Å². The lowest BCUT2D eigenvalue weighted by atomic mass is 9.93. The number of nitrogens with zero attached hydrogens (tertiary/aromatic N) is 2. The molecule has 4 nitrogen and oxygen atoms in total. The van der Waals surface area contributed by atoms with E-state index in [4.69, 9.17) is 10.5 Å². The molecule has 0 radical (unpaired) electrons. The average molecular weight is 263 g/mol. The monoisotopic (exact) mass is 263 g/mol. The van der Waals surface area contributed by atoms with Gasteiger partial charge in [0.05, 0.1) is 12.3 Å². The number of hydrogen-bond acceptors (Lipinski definition) is 4. The fourth-order valence-electron chi connectivity index (χ4n) is 2.66. The summed E-state index contributed by atoms with van der Waals surface area (Å²) in [6.07, 6.45) is 3.40. The summed E-state index contributed by atoms with van der Waals surface area (Å²) < 4.78 is 5.61. The van der Waals surface area contributed by atoms with E-state index in [-0.39, 0.29) is 0 Å². The highest BCUT2D eigenvalue weighted by Crippen LogP contribution is 2.29. The Bertz CT molecular complexity index is 422. The number of piperidine rings is 1. The van der Waals surface area contributed by atoms with E-state index in [0.717, 1.165) is 24.7 Å². The van der Waals surface area contributed by atoms with Gasteiger partial charge in [-0.2, -0.15) is 4.98 Å². The molecule has 2 rings (SSSR count). The van der Waals surface area contributed by atoms with Crippen molar-refractivity contribution in [1.29, 1.82) is 0 Å². The van der Waals surface area contributed by atoms with Crippen molar-refractivity contribution in [2.75, 3.05) is 23.8 Å². The minimum Gasteiger partial charge on any atom is -0.476 e. The second-order valence-electron chi connectivity index (χ2n) is 5.58. The lowest BCUT2D eigenvalue weighted by molar-refractivity contribution is 0.306. The van der Waals surface area contributed by atoms with Gasteiger partial charge >= 0.3 is 0 Å². The van der Waals surface area contributed by atoms with Crippen molar-refractivity contribution in [3.8, 4) is 5.88 Å². The Hall–Kier alpha value is -1.45. The van der Waals surface area contributed by atoms with Gasteiger partial charge in [0.2, 0.25) is 5.88 Å². The van der Waals surface area contributed by atoms with E-state index in [0.29, 0.717) is 24.2 Å². The van der Waals surface area contributed by atoms with Gasteiger partial charge in [-0.15, -0.1) is 0 Å². The molecule has 0 saturated carbocycles. The molecule has 0 spiro atoms. The average Bonchev–Trinajstić information content (AvgIpc) is 2.38. The lowest BCUT2D eigenvalue weighted by Crippen LogP contribution is -2.40. The number of rotatable bonds is 4. The molecule has 106 valence electrons. The van der Waals surface area contributed by atoms with Gasteiger partial charge in [-0.1, -0.05) is 13.8 Å². The highest BCUT2D eigenvalue weighted by molar-refractivity contribution is 5.55. The molecule has 2 unspecified atom stereocenters. The van der Waals surface area contributed by atoms with Crippen molar-refractivity contribution in [1.82, 2.24) is 4.98 Å². The van der Waals surface area contributed by atoms with Gasteiger partial charge in [0.15, 0.2) is 0 Å². The highest BCUT2D eigenvalue weighted by Gasteiger charge is 2.24. The first-order valence-corrected chi connectivity index (χ1v) is 7.27. The Morgan fingerprint density at radius 1 is 1.42 bits per heavy atom. The Morgan fingerprint density at radius 3 is 2.89 bits per heavy atom. The summed E-state index contributed by atoms with van der Waals surface area (Å²) >= 11 is 0. The number of nitrogens with two attached hydrogens (primary N) is 1. The zero-order chi connectivity index (χ0) is 13.8. The van der Waals surface area contributed by atoms with Crippen molar-refractivity contribution in [2.45, 2.75) is 46.1 Å². The lowest BCUT2D eigenvalue weighted by Gasteiger charge is -2.37. The molecule has 1 aromatic heterocycles. The number of ether oxygens (including phenoxy) is 1. The molecule has 1 saturated heterocycles. The summed E-state index contributed by atoms with van der Waals surface area (Å²) in [4.78, 5) is 6.95. The van der Waals surface area contributed by atoms with Crippen LogP contribution >= 0.6 is 0 Å². The first-order chi connectivity index (χ1) is 9.11. The Kier molecular flexibility index (Phi) is 4.51. The molecule has 2 atom stereocenters. The number of aromatic nitrogens is 1. The number of nitrogen functional groups attached to an aromatic ring is 1. The standard InChI is InChI=1S/C15H25N3O/c1-4-9-19-15-13(16)5-6-14(17-15)18-8-7-11(2)10-12(18)3/h5-6,11-12H,4,7-10,16H2,1-3H3. The molecule has 1 aliphatic rings. The van der Waals surface area contributed by atoms with Gasteiger partial charge in [0, 0.05) is 12.6 Å². The summed E-state index contributed by atoms with van der Waals surface area (Å²) in [6.45, 7) is 8.38. The molecule has 0 amide bonds. The molecule has 2 N–H and O–H groups in total. The van der Waals surface area contributed by atoms with Crippen LogP contribution in [0.15, 0.2) is 12.1 Å². The fourth-order valence-corrected chi connectivity index (χ4v) is 2.66. The maximum atomic E-state index is 5.91. The Balaban J connectivity index is 2.15. The van der Waals surface area contributed by atoms with Gasteiger partial charge < -0.3 is 15.4 Å². The van der Waals surface area contributed by atoms with Crippen LogP contribution in [0, 0.1) is 5.92 Å². The van der Waals surface area contributed by atoms with Crippen LogP contribution in [0.2, 0.25) is 0 Å². The van der Waals surface area contributed by atoms with Crippen LogP contribution in [0.3, 0.4) is 0 Å². The largest absolute Gasteiger partial charge is 0.476 e. The number of pyridine rings is 1. The predicted octanol–water partition coefficient (Wildman–Crippen LogP) is 3.08. The molecule has 4 heteroatoms. The zero-order valence-electron chi connectivity index (χ0n) is 12.2. The van der Waals surface area contributed by atoms with E-state index in [1.807, 2.05) is 12.1 Å². The van der Waals surface area contributed by atoms with E-state index in [1.54, 1.807) is 0 Å². The smallest absolute Gasteiger partial charge is 0.239 e. The van der Waals surface area contributed by atoms with Crippen molar-refractivity contribution >= 4 is 11.5 Å². The maximum absolute atomic E-state index is 5.91. The normalized spacial score (nSPS) is 23.4. The zero-order valence-corrected chi connectivity index (χ0v) is 12.2. The summed E-state index contributed by atoms with van der Waals surface area (Å²) in [5.41, 5.74) is 6.53. The minimum absolute atomic E-state index is 0.527. The molecule has 0 bridgehead atoms. The third kappa shape index (κ3) is 3.31. The van der Waals surface area contributed by atoms with Gasteiger partial charge in [0.1, 0.15) is 5.82 Å². The van der Waals surface area contributed by atoms with Crippen LogP contribution in [0.1, 0.15) is 40.0 Å². The first kappa shape index (κ1) is 14.0. The minimum atomic E-state index is 0.527. The molecule has 0 aromatic carbocycles. The SMILES string of the molecule is CCCOc1nc(N2CCC(C)CC2C)ccc1N. The number of hydrogen-bond donors (Lipinski definition) is 1. The first-order valence-electron chi connectivity index (χ1n) is 7.27. The Morgan fingerprint density at radius 2 is 2.21 bits per heavy atom. The Labute approximate surface area is 116 Å². The van der Waals surface area contributed by atoms with Crippen LogP contribution in [-0.2, 0) is 0 Å². The van der Waals surface area contributed by atoms with Gasteiger partial charge in [-0.25, -0.2) is 0 Å². The van der Waals surface area contributed by atoms with E-state index >= 15 is 0 Å². The van der Waals surface area contributed by atoms with E-state index in [2.05, 4.69) is 30.7 Å². The fraction of sp³-hybridized carbons (Fsp3) is 0.667. The van der Waals surface area contributed by atoms with Crippen LogP contribution in [0.5, 0.6) is 5.88 Å². The van der Waals surface area contributed by atoms with Crippen molar-refractivity contribution < 1.29 is 4.74 Å². The molecular weight excluding hydrogens is 238 g/mol. The summed E-state index contributed by atoms with van der Waals surface area (Å²) in [7, 11) is 0. The molecule has 1 aromatic rings. The third-order valence-electron chi connectivity index (χ3n) is 3.75. The summed E-state index contributed by atoms with van der Waals surface area (Å²) in [6, 6.07) is 4.43. The second-order valence-corrected chi connectivity index (χ2v) is 5.58.